The van der Waals surface area contributed by atoms with Crippen LogP contribution in [-0.4, -0.2) is 57.1 Å². The summed E-state index contributed by atoms with van der Waals surface area (Å²) in [6.45, 7) is 4.96. The molecule has 0 spiro atoms. The standard InChI is InChI=1S/C22H27Cl2NO4S/c1-2-25-14-20(19-12-17(23)13-22(24)21(19)15-25)16-5-3-6-18(11-16)30(27,28)10-4-8-29-9-7-26/h3,5-6,11-13,20,26H,2,4,7-10,14-15H2,1H3. The van der Waals surface area contributed by atoms with Gasteiger partial charge in [-0.25, -0.2) is 8.42 Å². The van der Waals surface area contributed by atoms with E-state index in [-0.39, 0.29) is 24.9 Å². The predicted molar refractivity (Wildman–Crippen MR) is 120 cm³/mol. The third kappa shape index (κ3) is 5.55. The molecule has 1 heterocycles. The van der Waals surface area contributed by atoms with Crippen LogP contribution in [0.3, 0.4) is 0 Å². The zero-order valence-corrected chi connectivity index (χ0v) is 19.3. The number of sulfone groups is 1. The van der Waals surface area contributed by atoms with Gasteiger partial charge in [0.25, 0.3) is 0 Å². The lowest BCUT2D eigenvalue weighted by Gasteiger charge is -2.35. The molecule has 0 radical (unpaired) electrons. The summed E-state index contributed by atoms with van der Waals surface area (Å²) < 4.78 is 30.8. The van der Waals surface area contributed by atoms with Gasteiger partial charge in [0.15, 0.2) is 9.84 Å². The minimum absolute atomic E-state index is 0.00186. The lowest BCUT2D eigenvalue weighted by Crippen LogP contribution is -2.34. The van der Waals surface area contributed by atoms with E-state index in [1.54, 1.807) is 24.3 Å². The van der Waals surface area contributed by atoms with Crippen LogP contribution >= 0.6 is 23.2 Å². The van der Waals surface area contributed by atoms with Gasteiger partial charge < -0.3 is 9.84 Å². The second-order valence-electron chi connectivity index (χ2n) is 7.42. The lowest BCUT2D eigenvalue weighted by atomic mass is 9.84. The first-order valence-electron chi connectivity index (χ1n) is 10.1. The Morgan fingerprint density at radius 1 is 1.20 bits per heavy atom. The van der Waals surface area contributed by atoms with Crippen molar-refractivity contribution in [3.63, 3.8) is 0 Å². The summed E-state index contributed by atoms with van der Waals surface area (Å²) >= 11 is 12.8. The van der Waals surface area contributed by atoms with Crippen LogP contribution in [0.5, 0.6) is 0 Å². The smallest absolute Gasteiger partial charge is 0.178 e. The maximum atomic E-state index is 12.8. The van der Waals surface area contributed by atoms with Crippen molar-refractivity contribution in [1.82, 2.24) is 4.90 Å². The molecule has 1 N–H and O–H groups in total. The molecule has 0 fully saturated rings. The Balaban J connectivity index is 1.88. The summed E-state index contributed by atoms with van der Waals surface area (Å²) in [5.74, 6) is -0.00468. The number of hydrogen-bond donors (Lipinski definition) is 1. The molecule has 1 aliphatic rings. The largest absolute Gasteiger partial charge is 0.394 e. The summed E-state index contributed by atoms with van der Waals surface area (Å²) in [4.78, 5) is 2.61. The Labute approximate surface area is 188 Å². The molecule has 2 aromatic carbocycles. The van der Waals surface area contributed by atoms with E-state index in [9.17, 15) is 8.42 Å². The van der Waals surface area contributed by atoms with E-state index >= 15 is 0 Å². The van der Waals surface area contributed by atoms with Gasteiger partial charge >= 0.3 is 0 Å². The molecule has 0 amide bonds. The van der Waals surface area contributed by atoms with Gasteiger partial charge in [0, 0.05) is 35.7 Å². The van der Waals surface area contributed by atoms with Crippen LogP contribution in [0.1, 0.15) is 36.0 Å². The Bertz CT molecular complexity index is 981. The molecule has 8 heteroatoms. The van der Waals surface area contributed by atoms with Gasteiger partial charge in [0.05, 0.1) is 23.9 Å². The Hall–Kier alpha value is -1.15. The van der Waals surface area contributed by atoms with Crippen LogP contribution in [0.25, 0.3) is 0 Å². The molecule has 1 atom stereocenters. The third-order valence-electron chi connectivity index (χ3n) is 5.40. The van der Waals surface area contributed by atoms with Crippen LogP contribution in [0.15, 0.2) is 41.3 Å². The number of aliphatic hydroxyl groups is 1. The van der Waals surface area contributed by atoms with Crippen molar-refractivity contribution in [3.8, 4) is 0 Å². The summed E-state index contributed by atoms with van der Waals surface area (Å²) in [5, 5.41) is 9.96. The zero-order valence-electron chi connectivity index (χ0n) is 17.0. The summed E-state index contributed by atoms with van der Waals surface area (Å²) in [6.07, 6.45) is 0.383. The van der Waals surface area contributed by atoms with Crippen molar-refractivity contribution in [2.45, 2.75) is 30.7 Å². The number of halogens is 2. The maximum Gasteiger partial charge on any atom is 0.178 e. The third-order valence-corrected chi connectivity index (χ3v) is 7.75. The topological polar surface area (TPSA) is 66.8 Å². The fourth-order valence-corrected chi connectivity index (χ4v) is 5.74. The average molecular weight is 472 g/mol. The molecule has 30 heavy (non-hydrogen) atoms. The van der Waals surface area contributed by atoms with Gasteiger partial charge in [-0.3, -0.25) is 4.90 Å². The summed E-state index contributed by atoms with van der Waals surface area (Å²) in [7, 11) is -3.43. The van der Waals surface area contributed by atoms with Gasteiger partial charge in [-0.05, 0) is 53.9 Å². The highest BCUT2D eigenvalue weighted by atomic mass is 35.5. The minimum Gasteiger partial charge on any atom is -0.394 e. The summed E-state index contributed by atoms with van der Waals surface area (Å²) in [6, 6.07) is 10.9. The fourth-order valence-electron chi connectivity index (χ4n) is 3.83. The number of aliphatic hydroxyl groups excluding tert-OH is 1. The monoisotopic (exact) mass is 471 g/mol. The van der Waals surface area contributed by atoms with E-state index < -0.39 is 9.84 Å². The highest BCUT2D eigenvalue weighted by Gasteiger charge is 2.29. The average Bonchev–Trinajstić information content (AvgIpc) is 2.73. The van der Waals surface area contributed by atoms with Gasteiger partial charge in [0.1, 0.15) is 0 Å². The van der Waals surface area contributed by atoms with Crippen molar-refractivity contribution in [2.75, 3.05) is 38.7 Å². The molecule has 1 aliphatic heterocycles. The van der Waals surface area contributed by atoms with E-state index in [2.05, 4.69) is 11.8 Å². The van der Waals surface area contributed by atoms with Gasteiger partial charge in [-0.2, -0.15) is 0 Å². The summed E-state index contributed by atoms with van der Waals surface area (Å²) in [5.41, 5.74) is 3.04. The van der Waals surface area contributed by atoms with Gasteiger partial charge in [-0.15, -0.1) is 0 Å². The first kappa shape index (κ1) is 23.5. The second-order valence-corrected chi connectivity index (χ2v) is 10.4. The zero-order chi connectivity index (χ0) is 21.7. The number of rotatable bonds is 9. The quantitative estimate of drug-likeness (QED) is 0.556. The normalized spacial score (nSPS) is 17.1. The van der Waals surface area contributed by atoms with E-state index in [1.165, 1.54) is 0 Å². The molecule has 164 valence electrons. The van der Waals surface area contributed by atoms with E-state index in [0.29, 0.717) is 28.0 Å². The molecule has 0 saturated carbocycles. The van der Waals surface area contributed by atoms with Crippen LogP contribution in [0.2, 0.25) is 10.0 Å². The number of fused-ring (bicyclic) bond motifs is 1. The molecule has 2 aromatic rings. The first-order chi connectivity index (χ1) is 14.4. The SMILES string of the molecule is CCN1Cc2c(Cl)cc(Cl)cc2C(c2cccc(S(=O)(=O)CCCOCCO)c2)C1. The van der Waals surface area contributed by atoms with Crippen molar-refractivity contribution >= 4 is 33.0 Å². The molecule has 5 nitrogen and oxygen atoms in total. The number of hydrogen-bond acceptors (Lipinski definition) is 5. The van der Waals surface area contributed by atoms with E-state index in [1.807, 2.05) is 12.1 Å². The number of nitrogens with zero attached hydrogens (tertiary/aromatic N) is 1. The first-order valence-corrected chi connectivity index (χ1v) is 12.5. The van der Waals surface area contributed by atoms with Gasteiger partial charge in [-0.1, -0.05) is 42.3 Å². The van der Waals surface area contributed by atoms with Crippen molar-refractivity contribution in [3.05, 3.63) is 63.1 Å². The number of likely N-dealkylation sites (N-methyl/N-ethyl adjacent to an activating group) is 1. The van der Waals surface area contributed by atoms with E-state index in [4.69, 9.17) is 33.0 Å². The van der Waals surface area contributed by atoms with Crippen molar-refractivity contribution in [1.29, 1.82) is 0 Å². The second kappa shape index (κ2) is 10.4. The number of ether oxygens (including phenoxy) is 1. The van der Waals surface area contributed by atoms with Crippen LogP contribution in [0, 0.1) is 0 Å². The highest BCUT2D eigenvalue weighted by Crippen LogP contribution is 2.39. The lowest BCUT2D eigenvalue weighted by molar-refractivity contribution is 0.0931. The molecule has 0 saturated heterocycles. The molecule has 1 unspecified atom stereocenters. The van der Waals surface area contributed by atoms with Gasteiger partial charge in [0.2, 0.25) is 0 Å². The van der Waals surface area contributed by atoms with Crippen molar-refractivity contribution in [2.24, 2.45) is 0 Å². The molecule has 0 bridgehead atoms. The minimum atomic E-state index is -3.43. The van der Waals surface area contributed by atoms with Crippen LogP contribution in [0.4, 0.5) is 0 Å². The van der Waals surface area contributed by atoms with Crippen LogP contribution in [-0.2, 0) is 21.1 Å². The fraction of sp³-hybridized carbons (Fsp3) is 0.455. The Kier molecular flexibility index (Phi) is 8.18. The predicted octanol–water partition coefficient (Wildman–Crippen LogP) is 4.13. The number of benzene rings is 2. The molecular formula is C22H27Cl2NO4S. The van der Waals surface area contributed by atoms with Crippen LogP contribution < -0.4 is 0 Å². The van der Waals surface area contributed by atoms with E-state index in [0.717, 1.165) is 36.3 Å². The molecular weight excluding hydrogens is 445 g/mol. The highest BCUT2D eigenvalue weighted by molar-refractivity contribution is 7.91. The maximum absolute atomic E-state index is 12.8. The Morgan fingerprint density at radius 2 is 2.00 bits per heavy atom. The Morgan fingerprint density at radius 3 is 2.73 bits per heavy atom. The molecule has 0 aliphatic carbocycles. The molecule has 3 rings (SSSR count). The van der Waals surface area contributed by atoms with Crippen molar-refractivity contribution < 1.29 is 18.3 Å². The molecule has 0 aromatic heterocycles.